The summed E-state index contributed by atoms with van der Waals surface area (Å²) in [7, 11) is 1.71. The molecule has 4 rings (SSSR count). The van der Waals surface area contributed by atoms with Crippen molar-refractivity contribution in [2.45, 2.75) is 43.8 Å². The van der Waals surface area contributed by atoms with Crippen molar-refractivity contribution in [2.24, 2.45) is 24.8 Å². The van der Waals surface area contributed by atoms with E-state index in [-0.39, 0.29) is 23.3 Å². The minimum absolute atomic E-state index is 0.0210. The van der Waals surface area contributed by atoms with Crippen LogP contribution in [0.5, 0.6) is 0 Å². The molecular formula is C20H25N3O2S. The van der Waals surface area contributed by atoms with Crippen LogP contribution in [-0.2, 0) is 11.8 Å². The van der Waals surface area contributed by atoms with Crippen LogP contribution in [0.2, 0.25) is 0 Å². The molecule has 1 aromatic heterocycles. The van der Waals surface area contributed by atoms with E-state index in [1.54, 1.807) is 13.1 Å². The second-order valence-corrected chi connectivity index (χ2v) is 8.70. The first-order chi connectivity index (χ1) is 12.5. The molecule has 138 valence electrons. The van der Waals surface area contributed by atoms with Gasteiger partial charge in [-0.25, -0.2) is 4.98 Å². The number of para-hydroxylation sites is 1. The van der Waals surface area contributed by atoms with Crippen molar-refractivity contribution >= 4 is 28.6 Å². The molecule has 5 nitrogen and oxygen atoms in total. The monoisotopic (exact) mass is 371 g/mol. The maximum atomic E-state index is 12.4. The van der Waals surface area contributed by atoms with Crippen molar-refractivity contribution < 1.29 is 4.79 Å². The summed E-state index contributed by atoms with van der Waals surface area (Å²) in [6.45, 7) is 2.14. The Morgan fingerprint density at radius 2 is 2.15 bits per heavy atom. The van der Waals surface area contributed by atoms with E-state index in [1.165, 1.54) is 42.0 Å². The normalized spacial score (nSPS) is 25.5. The summed E-state index contributed by atoms with van der Waals surface area (Å²) >= 11 is 1.32. The number of hydrogen-bond donors (Lipinski definition) is 1. The van der Waals surface area contributed by atoms with Crippen LogP contribution in [0.1, 0.15) is 32.6 Å². The number of benzene rings is 1. The van der Waals surface area contributed by atoms with Gasteiger partial charge in [0.15, 0.2) is 5.16 Å². The Kier molecular flexibility index (Phi) is 4.78. The Hall–Kier alpha value is -1.82. The molecule has 2 bridgehead atoms. The molecule has 2 aliphatic rings. The van der Waals surface area contributed by atoms with Gasteiger partial charge in [0.2, 0.25) is 5.91 Å². The zero-order valence-electron chi connectivity index (χ0n) is 15.3. The predicted octanol–water partition coefficient (Wildman–Crippen LogP) is 2.97. The highest BCUT2D eigenvalue weighted by Gasteiger charge is 2.42. The number of hydrogen-bond acceptors (Lipinski definition) is 4. The summed E-state index contributed by atoms with van der Waals surface area (Å²) in [4.78, 5) is 29.4. The molecule has 0 unspecified atom stereocenters. The number of rotatable bonds is 5. The van der Waals surface area contributed by atoms with Crippen LogP contribution in [0.3, 0.4) is 0 Å². The molecule has 0 spiro atoms. The molecule has 0 aliphatic heterocycles. The van der Waals surface area contributed by atoms with Gasteiger partial charge in [-0.05, 0) is 56.1 Å². The highest BCUT2D eigenvalue weighted by atomic mass is 32.2. The molecule has 26 heavy (non-hydrogen) atoms. The topological polar surface area (TPSA) is 64.0 Å². The fourth-order valence-electron chi connectivity index (χ4n) is 4.77. The number of nitrogens with zero attached hydrogens (tertiary/aromatic N) is 2. The third kappa shape index (κ3) is 3.27. The van der Waals surface area contributed by atoms with Crippen molar-refractivity contribution in [3.8, 4) is 0 Å². The van der Waals surface area contributed by atoms with Crippen LogP contribution in [-0.4, -0.2) is 27.3 Å². The molecular weight excluding hydrogens is 346 g/mol. The Balaban J connectivity index is 1.39. The first-order valence-corrected chi connectivity index (χ1v) is 10.4. The van der Waals surface area contributed by atoms with E-state index in [9.17, 15) is 9.59 Å². The van der Waals surface area contributed by atoms with Crippen LogP contribution < -0.4 is 10.9 Å². The zero-order valence-corrected chi connectivity index (χ0v) is 16.1. The summed E-state index contributed by atoms with van der Waals surface area (Å²) in [5, 5.41) is 4.36. The number of carbonyl (C=O) groups excluding carboxylic acids is 1. The van der Waals surface area contributed by atoms with Gasteiger partial charge in [-0.15, -0.1) is 0 Å². The maximum Gasteiger partial charge on any atom is 0.261 e. The summed E-state index contributed by atoms with van der Waals surface area (Å²) in [5.74, 6) is 2.61. The lowest BCUT2D eigenvalue weighted by atomic mass is 9.84. The summed E-state index contributed by atoms with van der Waals surface area (Å²) in [6.07, 6.45) is 5.31. The van der Waals surface area contributed by atoms with E-state index >= 15 is 0 Å². The molecule has 4 atom stereocenters. The highest BCUT2D eigenvalue weighted by Crippen LogP contribution is 2.49. The van der Waals surface area contributed by atoms with E-state index < -0.39 is 0 Å². The van der Waals surface area contributed by atoms with Crippen molar-refractivity contribution in [1.82, 2.24) is 14.9 Å². The number of aromatic nitrogens is 2. The van der Waals surface area contributed by atoms with Crippen molar-refractivity contribution in [2.75, 3.05) is 5.75 Å². The van der Waals surface area contributed by atoms with E-state index in [0.717, 1.165) is 11.8 Å². The molecule has 1 heterocycles. The standard InChI is InChI=1S/C20H25N3O2S/c1-12(16-10-13-7-8-14(16)9-13)21-18(24)11-26-20-22-17-6-4-3-5-15(17)19(25)23(20)2/h3-6,12-14,16H,7-11H2,1-2H3,(H,21,24)/t12-,13+,14+,16+/m0/s1. The Morgan fingerprint density at radius 1 is 1.35 bits per heavy atom. The van der Waals surface area contributed by atoms with Gasteiger partial charge in [-0.1, -0.05) is 30.3 Å². The minimum Gasteiger partial charge on any atom is -0.353 e. The fraction of sp³-hybridized carbons (Fsp3) is 0.550. The highest BCUT2D eigenvalue weighted by molar-refractivity contribution is 7.99. The quantitative estimate of drug-likeness (QED) is 0.648. The first-order valence-electron chi connectivity index (χ1n) is 9.41. The molecule has 1 aromatic carbocycles. The van der Waals surface area contributed by atoms with Gasteiger partial charge in [0.05, 0.1) is 16.7 Å². The second kappa shape index (κ2) is 7.06. The number of thioether (sulfide) groups is 1. The van der Waals surface area contributed by atoms with Crippen molar-refractivity contribution in [1.29, 1.82) is 0 Å². The lowest BCUT2D eigenvalue weighted by Crippen LogP contribution is -2.41. The van der Waals surface area contributed by atoms with Crippen LogP contribution >= 0.6 is 11.8 Å². The van der Waals surface area contributed by atoms with Crippen molar-refractivity contribution in [3.05, 3.63) is 34.6 Å². The van der Waals surface area contributed by atoms with Crippen LogP contribution in [0.15, 0.2) is 34.2 Å². The molecule has 1 N–H and O–H groups in total. The average molecular weight is 372 g/mol. The summed E-state index contributed by atoms with van der Waals surface area (Å²) in [6, 6.07) is 7.54. The molecule has 2 aromatic rings. The Bertz CT molecular complexity index is 894. The van der Waals surface area contributed by atoms with E-state index in [1.807, 2.05) is 18.2 Å². The first kappa shape index (κ1) is 17.6. The fourth-order valence-corrected chi connectivity index (χ4v) is 5.55. The number of fused-ring (bicyclic) bond motifs is 3. The van der Waals surface area contributed by atoms with Gasteiger partial charge in [0.25, 0.3) is 5.56 Å². The molecule has 2 fully saturated rings. The maximum absolute atomic E-state index is 12.4. The van der Waals surface area contributed by atoms with Gasteiger partial charge in [0, 0.05) is 13.1 Å². The Labute approximate surface area is 157 Å². The molecule has 6 heteroatoms. The van der Waals surface area contributed by atoms with Crippen LogP contribution in [0, 0.1) is 17.8 Å². The molecule has 0 saturated heterocycles. The van der Waals surface area contributed by atoms with E-state index in [4.69, 9.17) is 0 Å². The smallest absolute Gasteiger partial charge is 0.261 e. The van der Waals surface area contributed by atoms with Gasteiger partial charge >= 0.3 is 0 Å². The number of carbonyl (C=O) groups is 1. The molecule has 0 radical (unpaired) electrons. The SMILES string of the molecule is C[C@H](NC(=O)CSc1nc2ccccc2c(=O)n1C)[C@H]1C[C@@H]2CC[C@@H]1C2. The Morgan fingerprint density at radius 3 is 2.88 bits per heavy atom. The second-order valence-electron chi connectivity index (χ2n) is 7.76. The van der Waals surface area contributed by atoms with Crippen LogP contribution in [0.4, 0.5) is 0 Å². The van der Waals surface area contributed by atoms with E-state index in [2.05, 4.69) is 17.2 Å². The zero-order chi connectivity index (χ0) is 18.3. The molecule has 2 saturated carbocycles. The number of amides is 1. The van der Waals surface area contributed by atoms with Gasteiger partial charge in [-0.2, -0.15) is 0 Å². The van der Waals surface area contributed by atoms with Crippen molar-refractivity contribution in [3.63, 3.8) is 0 Å². The average Bonchev–Trinajstić information content (AvgIpc) is 3.27. The van der Waals surface area contributed by atoms with Gasteiger partial charge < -0.3 is 5.32 Å². The summed E-state index contributed by atoms with van der Waals surface area (Å²) in [5.41, 5.74) is 0.600. The lowest BCUT2D eigenvalue weighted by molar-refractivity contribution is -0.119. The van der Waals surface area contributed by atoms with E-state index in [0.29, 0.717) is 22.0 Å². The lowest BCUT2D eigenvalue weighted by Gasteiger charge is -2.28. The minimum atomic E-state index is -0.0751. The van der Waals surface area contributed by atoms with Gasteiger partial charge in [0.1, 0.15) is 0 Å². The predicted molar refractivity (Wildman–Crippen MR) is 104 cm³/mol. The molecule has 2 aliphatic carbocycles. The molecule has 1 amide bonds. The van der Waals surface area contributed by atoms with Crippen LogP contribution in [0.25, 0.3) is 10.9 Å². The third-order valence-electron chi connectivity index (χ3n) is 6.10. The third-order valence-corrected chi connectivity index (χ3v) is 7.13. The number of nitrogens with one attached hydrogen (secondary N) is 1. The van der Waals surface area contributed by atoms with Gasteiger partial charge in [-0.3, -0.25) is 14.2 Å². The largest absolute Gasteiger partial charge is 0.353 e. The summed E-state index contributed by atoms with van der Waals surface area (Å²) < 4.78 is 1.53.